The molecule has 40 heavy (non-hydrogen) atoms. The molecule has 6 nitrogen and oxygen atoms in total. The lowest BCUT2D eigenvalue weighted by molar-refractivity contribution is 0.208. The first-order valence-electron chi connectivity index (χ1n) is 13.9. The van der Waals surface area contributed by atoms with Gasteiger partial charge in [-0.2, -0.15) is 10.2 Å². The summed E-state index contributed by atoms with van der Waals surface area (Å²) in [6.45, 7) is 10.3. The van der Waals surface area contributed by atoms with Gasteiger partial charge in [-0.3, -0.25) is 0 Å². The maximum Gasteiger partial charge on any atom is 0.407 e. The first kappa shape index (κ1) is 29.7. The summed E-state index contributed by atoms with van der Waals surface area (Å²) in [5.41, 5.74) is 1.52. The van der Waals surface area contributed by atoms with Crippen LogP contribution >= 0.6 is 0 Å². The molecule has 0 aliphatic heterocycles. The molecule has 0 unspecified atom stereocenters. The van der Waals surface area contributed by atoms with E-state index in [-0.39, 0.29) is 0 Å². The van der Waals surface area contributed by atoms with Crippen LogP contribution in [0.25, 0.3) is 0 Å². The highest BCUT2D eigenvalue weighted by Crippen LogP contribution is 2.20. The molecule has 4 rings (SSSR count). The van der Waals surface area contributed by atoms with Gasteiger partial charge in [0.25, 0.3) is 0 Å². The first-order valence-corrected chi connectivity index (χ1v) is 17.5. The van der Waals surface area contributed by atoms with Crippen molar-refractivity contribution in [3.05, 3.63) is 109 Å². The molecule has 0 amide bonds. The molecule has 0 saturated heterocycles. The highest BCUT2D eigenvalue weighted by atomic mass is 28.4. The molecule has 0 N–H and O–H groups in total. The second-order valence-electron chi connectivity index (χ2n) is 8.99. The Morgan fingerprint density at radius 2 is 0.675 bits per heavy atom. The van der Waals surface area contributed by atoms with E-state index in [4.69, 9.17) is 17.7 Å². The second kappa shape index (κ2) is 14.4. The number of hydrogen-bond donors (Lipinski definition) is 0. The molecule has 4 aromatic carbocycles. The third-order valence-corrected chi connectivity index (χ3v) is 13.6. The van der Waals surface area contributed by atoms with Crippen LogP contribution in [-0.2, 0) is 17.7 Å². The van der Waals surface area contributed by atoms with Crippen LogP contribution in [-0.4, -0.2) is 43.5 Å². The van der Waals surface area contributed by atoms with Crippen LogP contribution in [0.3, 0.4) is 0 Å². The van der Waals surface area contributed by atoms with Crippen molar-refractivity contribution in [1.29, 1.82) is 0 Å². The molecule has 0 atom stereocenters. The summed E-state index contributed by atoms with van der Waals surface area (Å²) in [6.07, 6.45) is 0. The van der Waals surface area contributed by atoms with E-state index in [9.17, 15) is 0 Å². The zero-order valence-corrected chi connectivity index (χ0v) is 25.7. The molecule has 0 bridgehead atoms. The maximum absolute atomic E-state index is 6.36. The normalized spacial score (nSPS) is 12.2. The summed E-state index contributed by atoms with van der Waals surface area (Å²) < 4.78 is 25.4. The minimum Gasteiger partial charge on any atom is -0.388 e. The minimum absolute atomic E-state index is 0.569. The van der Waals surface area contributed by atoms with Gasteiger partial charge >= 0.3 is 17.1 Å². The predicted octanol–water partition coefficient (Wildman–Crippen LogP) is 5.36. The lowest BCUT2D eigenvalue weighted by Crippen LogP contribution is -2.63. The quantitative estimate of drug-likeness (QED) is 0.151. The summed E-state index contributed by atoms with van der Waals surface area (Å²) in [5, 5.41) is 13.2. The largest absolute Gasteiger partial charge is 0.407 e. The second-order valence-corrected chi connectivity index (χ2v) is 14.9. The first-order chi connectivity index (χ1) is 19.6. The lowest BCUT2D eigenvalue weighted by Gasteiger charge is -2.30. The van der Waals surface area contributed by atoms with Crippen LogP contribution in [0.1, 0.15) is 27.7 Å². The molecule has 0 aliphatic carbocycles. The summed E-state index contributed by atoms with van der Waals surface area (Å²) in [6, 6.07) is 36.5. The monoisotopic (exact) mass is 570 g/mol. The number of nitrogens with zero attached hydrogens (tertiary/aromatic N) is 2. The Kier molecular flexibility index (Phi) is 10.7. The third kappa shape index (κ3) is 6.55. The van der Waals surface area contributed by atoms with Crippen molar-refractivity contribution in [2.75, 3.05) is 26.4 Å². The Morgan fingerprint density at radius 1 is 0.400 bits per heavy atom. The fourth-order valence-electron chi connectivity index (χ4n) is 4.82. The Hall–Kier alpha value is -3.25. The van der Waals surface area contributed by atoms with E-state index in [2.05, 4.69) is 34.5 Å². The molecule has 0 radical (unpaired) electrons. The number of rotatable bonds is 14. The van der Waals surface area contributed by atoms with E-state index in [1.165, 1.54) is 0 Å². The Morgan fingerprint density at radius 3 is 0.950 bits per heavy atom. The summed E-state index contributed by atoms with van der Waals surface area (Å²) in [5.74, 6) is 0. The van der Waals surface area contributed by atoms with Gasteiger partial charge in [0.15, 0.2) is 0 Å². The van der Waals surface area contributed by atoms with Crippen molar-refractivity contribution in [3.63, 3.8) is 0 Å². The molecule has 0 fully saturated rings. The zero-order valence-electron chi connectivity index (χ0n) is 23.7. The van der Waals surface area contributed by atoms with Crippen LogP contribution in [0.15, 0.2) is 119 Å². The number of azo groups is 1. The van der Waals surface area contributed by atoms with Gasteiger partial charge in [0.05, 0.1) is 11.4 Å². The third-order valence-electron chi connectivity index (χ3n) is 6.47. The highest BCUT2D eigenvalue weighted by molar-refractivity contribution is 6.93. The van der Waals surface area contributed by atoms with Crippen molar-refractivity contribution in [2.45, 2.75) is 27.7 Å². The molecule has 0 heterocycles. The van der Waals surface area contributed by atoms with Crippen LogP contribution in [0, 0.1) is 0 Å². The van der Waals surface area contributed by atoms with Gasteiger partial charge in [0.1, 0.15) is 0 Å². The van der Waals surface area contributed by atoms with Gasteiger partial charge in [0.2, 0.25) is 0 Å². The van der Waals surface area contributed by atoms with Crippen molar-refractivity contribution in [2.24, 2.45) is 10.2 Å². The molecule has 8 heteroatoms. The lowest BCUT2D eigenvalue weighted by atomic mass is 10.3. The van der Waals surface area contributed by atoms with Crippen molar-refractivity contribution in [3.8, 4) is 0 Å². The van der Waals surface area contributed by atoms with E-state index in [1.54, 1.807) is 0 Å². The summed E-state index contributed by atoms with van der Waals surface area (Å²) in [7, 11) is -5.63. The number of benzene rings is 4. The summed E-state index contributed by atoms with van der Waals surface area (Å²) >= 11 is 0. The summed E-state index contributed by atoms with van der Waals surface area (Å²) in [4.78, 5) is 0. The Bertz CT molecular complexity index is 1220. The average molecular weight is 571 g/mol. The standard InChI is InChI=1S/C32H38N2O4Si2/c1-5-35-39(36-6-2,29-15-11-9-12-16-29)31-23-19-27(20-24-31)33-34-28-21-25-32(26-22-28)40(37-7-3,38-8-4)30-17-13-10-14-18-30/h9-26H,5-8H2,1-4H3. The number of hydrogen-bond acceptors (Lipinski definition) is 6. The van der Waals surface area contributed by atoms with Gasteiger partial charge in [-0.1, -0.05) is 84.9 Å². The van der Waals surface area contributed by atoms with Crippen LogP contribution in [0.2, 0.25) is 0 Å². The van der Waals surface area contributed by atoms with E-state index in [0.717, 1.165) is 32.1 Å². The molecule has 0 spiro atoms. The van der Waals surface area contributed by atoms with Crippen molar-refractivity contribution in [1.82, 2.24) is 0 Å². The predicted molar refractivity (Wildman–Crippen MR) is 166 cm³/mol. The maximum atomic E-state index is 6.36. The molecule has 4 aromatic rings. The average Bonchev–Trinajstić information content (AvgIpc) is 3.01. The van der Waals surface area contributed by atoms with Crippen molar-refractivity contribution >= 4 is 49.2 Å². The topological polar surface area (TPSA) is 61.6 Å². The van der Waals surface area contributed by atoms with Gasteiger partial charge in [0, 0.05) is 26.4 Å². The fourth-order valence-corrected chi connectivity index (χ4v) is 11.1. The van der Waals surface area contributed by atoms with Crippen LogP contribution < -0.4 is 20.7 Å². The molecule has 0 saturated carbocycles. The zero-order chi connectivity index (χ0) is 28.3. The molecular formula is C32H38N2O4Si2. The molecule has 0 aromatic heterocycles. The minimum atomic E-state index is -2.82. The van der Waals surface area contributed by atoms with E-state index < -0.39 is 17.1 Å². The molecule has 208 valence electrons. The van der Waals surface area contributed by atoms with Gasteiger partial charge < -0.3 is 17.7 Å². The van der Waals surface area contributed by atoms with E-state index in [1.807, 2.05) is 113 Å². The Balaban J connectivity index is 1.58. The molecular weight excluding hydrogens is 533 g/mol. The van der Waals surface area contributed by atoms with Crippen molar-refractivity contribution < 1.29 is 17.7 Å². The van der Waals surface area contributed by atoms with E-state index in [0.29, 0.717) is 26.4 Å². The van der Waals surface area contributed by atoms with Crippen LogP contribution in [0.5, 0.6) is 0 Å². The van der Waals surface area contributed by atoms with Gasteiger partial charge in [-0.25, -0.2) is 0 Å². The SMILES string of the molecule is CCO[Si](OCC)(c1ccccc1)c1ccc(N=Nc2ccc([Si](OCC)(OCC)c3ccccc3)cc2)cc1. The highest BCUT2D eigenvalue weighted by Gasteiger charge is 2.43. The van der Waals surface area contributed by atoms with Gasteiger partial charge in [-0.05, 0) is 72.7 Å². The van der Waals surface area contributed by atoms with E-state index >= 15 is 0 Å². The Labute approximate surface area is 240 Å². The fraction of sp³-hybridized carbons (Fsp3) is 0.250. The van der Waals surface area contributed by atoms with Crippen LogP contribution in [0.4, 0.5) is 11.4 Å². The molecule has 0 aliphatic rings. The van der Waals surface area contributed by atoms with Gasteiger partial charge in [-0.15, -0.1) is 0 Å². The smallest absolute Gasteiger partial charge is 0.388 e.